The van der Waals surface area contributed by atoms with Gasteiger partial charge in [0.2, 0.25) is 0 Å². The van der Waals surface area contributed by atoms with Crippen molar-refractivity contribution in [1.82, 2.24) is 20.3 Å². The summed E-state index contributed by atoms with van der Waals surface area (Å²) in [6.07, 6.45) is 4.41. The van der Waals surface area contributed by atoms with E-state index in [0.717, 1.165) is 44.8 Å². The maximum absolute atomic E-state index is 5.33. The number of rotatable bonds is 8. The second-order valence-electron chi connectivity index (χ2n) is 15.2. The number of allylic oxidation sites excluding steroid dienone is 1. The van der Waals surface area contributed by atoms with Crippen LogP contribution in [0.1, 0.15) is 34.3 Å². The molecule has 290 valence electrons. The van der Waals surface area contributed by atoms with Crippen LogP contribution in [0.2, 0.25) is 0 Å². The van der Waals surface area contributed by atoms with E-state index in [4.69, 9.17) is 24.9 Å². The van der Waals surface area contributed by atoms with Gasteiger partial charge in [-0.2, -0.15) is 0 Å². The lowest BCUT2D eigenvalue weighted by Gasteiger charge is -2.28. The van der Waals surface area contributed by atoms with E-state index in [1.807, 2.05) is 96.7 Å². The molecule has 61 heavy (non-hydrogen) atoms. The van der Waals surface area contributed by atoms with Gasteiger partial charge in [0.25, 0.3) is 0 Å². The van der Waals surface area contributed by atoms with Gasteiger partial charge in [0.05, 0.1) is 0 Å². The molecule has 0 bridgehead atoms. The number of nitrogens with one attached hydrogen (secondary N) is 1. The molecule has 3 unspecified atom stereocenters. The van der Waals surface area contributed by atoms with Crippen molar-refractivity contribution in [3.05, 3.63) is 234 Å². The fourth-order valence-electron chi connectivity index (χ4n) is 8.37. The normalized spacial score (nSPS) is 17.8. The monoisotopic (exact) mass is 802 g/mol. The predicted molar refractivity (Wildman–Crippen MR) is 249 cm³/mol. The summed E-state index contributed by atoms with van der Waals surface area (Å²) in [5.41, 5.74) is 12.0. The lowest BCUT2D eigenvalue weighted by atomic mass is 9.81. The Bertz CT molecular complexity index is 2960. The highest BCUT2D eigenvalue weighted by atomic mass is 32.2. The quantitative estimate of drug-likeness (QED) is 0.166. The minimum absolute atomic E-state index is 0.0806. The summed E-state index contributed by atoms with van der Waals surface area (Å²) in [5, 5.41) is 3.75. The van der Waals surface area contributed by atoms with Gasteiger partial charge in [-0.3, -0.25) is 0 Å². The van der Waals surface area contributed by atoms with Gasteiger partial charge in [-0.25, -0.2) is 24.9 Å². The third-order valence-electron chi connectivity index (χ3n) is 11.4. The summed E-state index contributed by atoms with van der Waals surface area (Å²) in [7, 11) is 0. The first-order chi connectivity index (χ1) is 30.2. The summed E-state index contributed by atoms with van der Waals surface area (Å²) < 4.78 is 0. The Hall–Kier alpha value is -7.48. The number of aliphatic imine (C=N–C) groups is 2. The van der Waals surface area contributed by atoms with Crippen molar-refractivity contribution < 1.29 is 0 Å². The Balaban J connectivity index is 1.07. The van der Waals surface area contributed by atoms with E-state index in [1.165, 1.54) is 27.2 Å². The van der Waals surface area contributed by atoms with E-state index >= 15 is 0 Å². The van der Waals surface area contributed by atoms with Crippen LogP contribution in [0.5, 0.6) is 0 Å². The summed E-state index contributed by atoms with van der Waals surface area (Å²) in [6.45, 7) is 0. The SMILES string of the molecule is C1=C(C2=NC(c3ccccc3)NC(c3ccccc3)=N2)C=C(c2cccc(-c3nc(-c4ccccc4)nc(-c4ccccc4)n3)c2)C2Sc3c(-c4ccccc4)cccc3C12. The van der Waals surface area contributed by atoms with Crippen LogP contribution in [0.4, 0.5) is 0 Å². The molecule has 3 heterocycles. The number of nitrogens with zero attached hydrogens (tertiary/aromatic N) is 5. The maximum atomic E-state index is 5.33. The molecule has 3 atom stereocenters. The van der Waals surface area contributed by atoms with Crippen LogP contribution in [0, 0.1) is 0 Å². The second kappa shape index (κ2) is 15.9. The molecule has 7 heteroatoms. The van der Waals surface area contributed by atoms with Crippen molar-refractivity contribution >= 4 is 29.0 Å². The number of aromatic nitrogens is 3. The highest BCUT2D eigenvalue weighted by Crippen LogP contribution is 2.56. The Labute approximate surface area is 359 Å². The molecule has 0 spiro atoms. The largest absolute Gasteiger partial charge is 0.344 e. The summed E-state index contributed by atoms with van der Waals surface area (Å²) >= 11 is 1.95. The summed E-state index contributed by atoms with van der Waals surface area (Å²) in [4.78, 5) is 27.0. The minimum atomic E-state index is -0.306. The van der Waals surface area contributed by atoms with Gasteiger partial charge >= 0.3 is 0 Å². The van der Waals surface area contributed by atoms with Crippen molar-refractivity contribution in [1.29, 1.82) is 0 Å². The Morgan fingerprint density at radius 2 is 1.00 bits per heavy atom. The van der Waals surface area contributed by atoms with Crippen LogP contribution in [0.15, 0.2) is 227 Å². The summed E-state index contributed by atoms with van der Waals surface area (Å²) in [5.74, 6) is 3.47. The molecule has 1 aliphatic carbocycles. The zero-order chi connectivity index (χ0) is 40.5. The number of hydrogen-bond acceptors (Lipinski definition) is 7. The molecule has 11 rings (SSSR count). The van der Waals surface area contributed by atoms with Crippen molar-refractivity contribution in [2.24, 2.45) is 9.98 Å². The van der Waals surface area contributed by atoms with E-state index in [1.54, 1.807) is 0 Å². The molecule has 3 aliphatic rings. The van der Waals surface area contributed by atoms with Crippen molar-refractivity contribution in [2.45, 2.75) is 22.2 Å². The van der Waals surface area contributed by atoms with Gasteiger partial charge in [0.15, 0.2) is 23.3 Å². The molecule has 0 radical (unpaired) electrons. The number of amidine groups is 2. The van der Waals surface area contributed by atoms with Gasteiger partial charge in [-0.1, -0.05) is 194 Å². The second-order valence-corrected chi connectivity index (χ2v) is 16.4. The molecule has 1 aromatic heterocycles. The average Bonchev–Trinajstić information content (AvgIpc) is 3.74. The van der Waals surface area contributed by atoms with Crippen molar-refractivity contribution in [3.63, 3.8) is 0 Å². The molecule has 8 aromatic rings. The Kier molecular flexibility index (Phi) is 9.56. The molecular weight excluding hydrogens is 765 g/mol. The van der Waals surface area contributed by atoms with Gasteiger partial charge in [0, 0.05) is 43.9 Å². The van der Waals surface area contributed by atoms with Crippen LogP contribution in [-0.2, 0) is 0 Å². The van der Waals surface area contributed by atoms with E-state index < -0.39 is 0 Å². The van der Waals surface area contributed by atoms with E-state index in [0.29, 0.717) is 23.3 Å². The molecule has 0 fully saturated rings. The molecule has 0 amide bonds. The summed E-state index contributed by atoms with van der Waals surface area (Å²) in [6, 6.07) is 67.1. The van der Waals surface area contributed by atoms with Gasteiger partial charge in [-0.05, 0) is 45.5 Å². The van der Waals surface area contributed by atoms with Crippen LogP contribution in [0.25, 0.3) is 50.9 Å². The highest BCUT2D eigenvalue weighted by Gasteiger charge is 2.40. The van der Waals surface area contributed by atoms with Crippen LogP contribution >= 0.6 is 11.8 Å². The maximum Gasteiger partial charge on any atom is 0.164 e. The first-order valence-corrected chi connectivity index (χ1v) is 21.4. The molecule has 0 saturated carbocycles. The van der Waals surface area contributed by atoms with E-state index in [-0.39, 0.29) is 17.3 Å². The number of thioether (sulfide) groups is 1. The topological polar surface area (TPSA) is 75.4 Å². The van der Waals surface area contributed by atoms with Crippen molar-refractivity contribution in [2.75, 3.05) is 0 Å². The fourth-order valence-corrected chi connectivity index (χ4v) is 9.98. The number of fused-ring (bicyclic) bond motifs is 3. The number of hydrogen-bond donors (Lipinski definition) is 1. The Morgan fingerprint density at radius 1 is 0.475 bits per heavy atom. The standard InChI is InChI=1S/C54H38N6S/c1-6-18-35(19-7-1)43-30-17-31-44-46-34-42(54-59-51(38-24-12-4-13-25-38)56-52(60-54)39-26-14-5-15-27-39)33-45(48(46)61-47(43)44)40-28-16-29-41(32-40)53-57-49(36-20-8-2-9-21-36)55-50(58-53)37-22-10-3-11-23-37/h1-34,46,48,51H,(H,56,59,60). The van der Waals surface area contributed by atoms with Crippen LogP contribution in [0.3, 0.4) is 0 Å². The third kappa shape index (κ3) is 7.19. The third-order valence-corrected chi connectivity index (χ3v) is 12.8. The Morgan fingerprint density at radius 3 is 1.64 bits per heavy atom. The van der Waals surface area contributed by atoms with Gasteiger partial charge in [0.1, 0.15) is 12.0 Å². The zero-order valence-corrected chi connectivity index (χ0v) is 33.8. The minimum Gasteiger partial charge on any atom is -0.344 e. The lowest BCUT2D eigenvalue weighted by Crippen LogP contribution is -2.34. The lowest BCUT2D eigenvalue weighted by molar-refractivity contribution is 0.674. The predicted octanol–water partition coefficient (Wildman–Crippen LogP) is 12.3. The fraction of sp³-hybridized carbons (Fsp3) is 0.0556. The zero-order valence-electron chi connectivity index (χ0n) is 33.0. The van der Waals surface area contributed by atoms with Crippen molar-refractivity contribution in [3.8, 4) is 45.3 Å². The van der Waals surface area contributed by atoms with Gasteiger partial charge in [-0.15, -0.1) is 11.8 Å². The molecule has 7 aromatic carbocycles. The van der Waals surface area contributed by atoms with Crippen LogP contribution < -0.4 is 5.32 Å². The van der Waals surface area contributed by atoms with E-state index in [9.17, 15) is 0 Å². The smallest absolute Gasteiger partial charge is 0.164 e. The van der Waals surface area contributed by atoms with Crippen LogP contribution in [-0.4, -0.2) is 31.9 Å². The molecular formula is C54H38N6S. The first kappa shape index (κ1) is 36.6. The molecule has 1 N–H and O–H groups in total. The van der Waals surface area contributed by atoms with E-state index in [2.05, 4.69) is 127 Å². The molecule has 6 nitrogen and oxygen atoms in total. The highest BCUT2D eigenvalue weighted by molar-refractivity contribution is 8.01. The molecule has 2 aliphatic heterocycles. The number of benzene rings is 7. The average molecular weight is 803 g/mol. The first-order valence-electron chi connectivity index (χ1n) is 20.5. The molecule has 0 saturated heterocycles. The van der Waals surface area contributed by atoms with Gasteiger partial charge < -0.3 is 5.32 Å².